The summed E-state index contributed by atoms with van der Waals surface area (Å²) in [6, 6.07) is 10.0. The molecule has 2 nitrogen and oxygen atoms in total. The number of fused-ring (bicyclic) bond motifs is 1. The molecule has 0 saturated heterocycles. The van der Waals surface area contributed by atoms with Gasteiger partial charge in [0.25, 0.3) is 0 Å². The first-order valence-electron chi connectivity index (χ1n) is 6.54. The molecule has 3 rings (SSSR count). The van der Waals surface area contributed by atoms with Crippen LogP contribution in [-0.4, -0.2) is 11.7 Å². The lowest BCUT2D eigenvalue weighted by Gasteiger charge is -2.23. The van der Waals surface area contributed by atoms with Crippen LogP contribution in [0.15, 0.2) is 36.4 Å². The maximum atomic E-state index is 13.5. The fourth-order valence-electron chi connectivity index (χ4n) is 2.49. The third kappa shape index (κ3) is 2.39. The van der Waals surface area contributed by atoms with Crippen LogP contribution in [0.4, 0.5) is 4.39 Å². The van der Waals surface area contributed by atoms with Gasteiger partial charge in [-0.3, -0.25) is 0 Å². The number of benzene rings is 2. The summed E-state index contributed by atoms with van der Waals surface area (Å²) in [7, 11) is 0. The number of halogens is 2. The Kier molecular flexibility index (Phi) is 3.64. The maximum absolute atomic E-state index is 13.5. The van der Waals surface area contributed by atoms with E-state index in [1.54, 1.807) is 12.1 Å². The van der Waals surface area contributed by atoms with Crippen molar-refractivity contribution in [3.8, 4) is 5.75 Å². The Balaban J connectivity index is 2.02. The summed E-state index contributed by atoms with van der Waals surface area (Å²) < 4.78 is 19.2. The fourth-order valence-corrected chi connectivity index (χ4v) is 2.61. The third-order valence-electron chi connectivity index (χ3n) is 3.52. The Morgan fingerprint density at radius 2 is 2.10 bits per heavy atom. The van der Waals surface area contributed by atoms with Crippen LogP contribution >= 0.6 is 11.6 Å². The van der Waals surface area contributed by atoms with E-state index in [1.807, 2.05) is 12.1 Å². The maximum Gasteiger partial charge on any atom is 0.142 e. The lowest BCUT2D eigenvalue weighted by atomic mass is 9.95. The van der Waals surface area contributed by atoms with Crippen LogP contribution in [0.3, 0.4) is 0 Å². The van der Waals surface area contributed by atoms with Crippen LogP contribution in [0.1, 0.15) is 29.2 Å². The molecule has 1 aliphatic rings. The van der Waals surface area contributed by atoms with Gasteiger partial charge in [-0.2, -0.15) is 0 Å². The summed E-state index contributed by atoms with van der Waals surface area (Å²) in [5.41, 5.74) is 2.22. The minimum Gasteiger partial charge on any atom is -0.493 e. The molecule has 0 fully saturated rings. The Hall–Kier alpha value is -1.58. The van der Waals surface area contributed by atoms with Gasteiger partial charge < -0.3 is 9.84 Å². The van der Waals surface area contributed by atoms with E-state index in [-0.39, 0.29) is 5.02 Å². The number of rotatable bonds is 2. The Bertz CT molecular complexity index is 642. The van der Waals surface area contributed by atoms with Crippen LogP contribution in [0.2, 0.25) is 5.02 Å². The summed E-state index contributed by atoms with van der Waals surface area (Å²) in [6.45, 7) is 0.645. The van der Waals surface area contributed by atoms with E-state index in [2.05, 4.69) is 0 Å². The Morgan fingerprint density at radius 1 is 1.25 bits per heavy atom. The van der Waals surface area contributed by atoms with Gasteiger partial charge in [-0.1, -0.05) is 35.9 Å². The predicted molar refractivity (Wildman–Crippen MR) is 75.7 cm³/mol. The number of hydrogen-bond donors (Lipinski definition) is 1. The molecule has 2 aromatic rings. The number of ether oxygens (including phenoxy) is 1. The zero-order valence-electron chi connectivity index (χ0n) is 10.8. The van der Waals surface area contributed by atoms with Crippen LogP contribution in [0, 0.1) is 5.82 Å². The van der Waals surface area contributed by atoms with Gasteiger partial charge in [-0.05, 0) is 36.1 Å². The molecule has 0 aromatic heterocycles. The lowest BCUT2D eigenvalue weighted by molar-refractivity contribution is 0.206. The zero-order chi connectivity index (χ0) is 14.1. The van der Waals surface area contributed by atoms with Gasteiger partial charge in [0.05, 0.1) is 11.6 Å². The highest BCUT2D eigenvalue weighted by atomic mass is 35.5. The number of aliphatic hydroxyl groups excluding tert-OH is 1. The molecular formula is C16H14ClFO2. The zero-order valence-corrected chi connectivity index (χ0v) is 11.5. The molecule has 0 saturated carbocycles. The van der Waals surface area contributed by atoms with Crippen LogP contribution in [-0.2, 0) is 6.42 Å². The number of hydrogen-bond acceptors (Lipinski definition) is 2. The monoisotopic (exact) mass is 292 g/mol. The number of aryl methyl sites for hydroxylation is 1. The van der Waals surface area contributed by atoms with Crippen molar-refractivity contribution in [2.24, 2.45) is 0 Å². The predicted octanol–water partition coefficient (Wildman–Crippen LogP) is 3.89. The molecule has 0 spiro atoms. The van der Waals surface area contributed by atoms with E-state index < -0.39 is 11.9 Å². The van der Waals surface area contributed by atoms with E-state index in [9.17, 15) is 9.50 Å². The molecule has 4 heteroatoms. The third-order valence-corrected chi connectivity index (χ3v) is 3.82. The van der Waals surface area contributed by atoms with Gasteiger partial charge in [-0.15, -0.1) is 0 Å². The van der Waals surface area contributed by atoms with E-state index in [1.165, 1.54) is 12.1 Å². The lowest BCUT2D eigenvalue weighted by Crippen LogP contribution is -2.12. The Morgan fingerprint density at radius 3 is 2.90 bits per heavy atom. The van der Waals surface area contributed by atoms with Crippen LogP contribution in [0.25, 0.3) is 0 Å². The van der Waals surface area contributed by atoms with Gasteiger partial charge in [0.2, 0.25) is 0 Å². The highest BCUT2D eigenvalue weighted by molar-refractivity contribution is 6.30. The summed E-state index contributed by atoms with van der Waals surface area (Å²) in [4.78, 5) is 0. The van der Waals surface area contributed by atoms with Gasteiger partial charge >= 0.3 is 0 Å². The first-order valence-corrected chi connectivity index (χ1v) is 6.92. The highest BCUT2D eigenvalue weighted by Gasteiger charge is 2.21. The summed E-state index contributed by atoms with van der Waals surface area (Å²) in [6.07, 6.45) is 0.988. The summed E-state index contributed by atoms with van der Waals surface area (Å²) >= 11 is 5.67. The average molecular weight is 293 g/mol. The first kappa shape index (κ1) is 13.4. The molecular weight excluding hydrogens is 279 g/mol. The van der Waals surface area contributed by atoms with Crippen molar-refractivity contribution in [1.29, 1.82) is 0 Å². The van der Waals surface area contributed by atoms with E-state index >= 15 is 0 Å². The van der Waals surface area contributed by atoms with Crippen LogP contribution in [0.5, 0.6) is 5.75 Å². The van der Waals surface area contributed by atoms with E-state index in [4.69, 9.17) is 16.3 Å². The standard InChI is InChI=1S/C16H14ClFO2/c17-13-7-6-11(9-14(13)18)15(19)12-5-1-3-10-4-2-8-20-16(10)12/h1,3,5-7,9,15,19H,2,4,8H2. The SMILES string of the molecule is OC(c1ccc(Cl)c(F)c1)c1cccc2c1OCCC2. The second-order valence-corrected chi connectivity index (χ2v) is 5.27. The van der Waals surface area contributed by atoms with Crippen molar-refractivity contribution in [2.45, 2.75) is 18.9 Å². The molecule has 0 aliphatic carbocycles. The average Bonchev–Trinajstić information content (AvgIpc) is 2.49. The first-order chi connectivity index (χ1) is 9.66. The van der Waals surface area contributed by atoms with Crippen molar-refractivity contribution < 1.29 is 14.2 Å². The quantitative estimate of drug-likeness (QED) is 0.910. The van der Waals surface area contributed by atoms with Crippen molar-refractivity contribution in [1.82, 2.24) is 0 Å². The molecule has 1 atom stereocenters. The molecule has 1 aliphatic heterocycles. The van der Waals surface area contributed by atoms with E-state index in [0.717, 1.165) is 24.2 Å². The summed E-state index contributed by atoms with van der Waals surface area (Å²) in [5.74, 6) is 0.190. The molecule has 0 bridgehead atoms. The van der Waals surface area contributed by atoms with Crippen molar-refractivity contribution in [3.63, 3.8) is 0 Å². The minimum atomic E-state index is -0.921. The second kappa shape index (κ2) is 5.43. The van der Waals surface area contributed by atoms with Crippen molar-refractivity contribution in [2.75, 3.05) is 6.61 Å². The number of para-hydroxylation sites is 1. The van der Waals surface area contributed by atoms with Crippen molar-refractivity contribution >= 4 is 11.6 Å². The smallest absolute Gasteiger partial charge is 0.142 e. The van der Waals surface area contributed by atoms with Crippen molar-refractivity contribution in [3.05, 3.63) is 63.9 Å². The van der Waals surface area contributed by atoms with Gasteiger partial charge in [0, 0.05) is 5.56 Å². The minimum absolute atomic E-state index is 0.0484. The van der Waals surface area contributed by atoms with Crippen LogP contribution < -0.4 is 4.74 Å². The molecule has 2 aromatic carbocycles. The fraction of sp³-hybridized carbons (Fsp3) is 0.250. The molecule has 0 radical (unpaired) electrons. The second-order valence-electron chi connectivity index (χ2n) is 4.86. The number of aliphatic hydroxyl groups is 1. The largest absolute Gasteiger partial charge is 0.493 e. The van der Waals surface area contributed by atoms with Gasteiger partial charge in [-0.25, -0.2) is 4.39 Å². The van der Waals surface area contributed by atoms with E-state index in [0.29, 0.717) is 17.7 Å². The Labute approximate surface area is 121 Å². The normalized spacial score (nSPS) is 15.3. The molecule has 1 heterocycles. The van der Waals surface area contributed by atoms with Gasteiger partial charge in [0.15, 0.2) is 0 Å². The molecule has 0 amide bonds. The topological polar surface area (TPSA) is 29.5 Å². The summed E-state index contributed by atoms with van der Waals surface area (Å²) in [5, 5.41) is 10.5. The van der Waals surface area contributed by atoms with Gasteiger partial charge in [0.1, 0.15) is 17.7 Å². The molecule has 1 N–H and O–H groups in total. The molecule has 1 unspecified atom stereocenters. The molecule has 104 valence electrons. The highest BCUT2D eigenvalue weighted by Crippen LogP contribution is 2.36. The molecule has 20 heavy (non-hydrogen) atoms.